The maximum absolute atomic E-state index is 12.6. The largest absolute Gasteiger partial charge is 0.426 e. The Balaban J connectivity index is 0.989. The van der Waals surface area contributed by atoms with Crippen LogP contribution in [0.2, 0.25) is 0 Å². The maximum atomic E-state index is 12.6. The summed E-state index contributed by atoms with van der Waals surface area (Å²) in [5.41, 5.74) is 3.31. The van der Waals surface area contributed by atoms with E-state index in [9.17, 15) is 9.59 Å². The number of hydrogen-bond donors (Lipinski definition) is 2. The van der Waals surface area contributed by atoms with E-state index in [0.29, 0.717) is 40.7 Å². The van der Waals surface area contributed by atoms with E-state index in [2.05, 4.69) is 27.3 Å². The summed E-state index contributed by atoms with van der Waals surface area (Å²) in [5.74, 6) is 3.74. The molecule has 5 aromatic rings. The summed E-state index contributed by atoms with van der Waals surface area (Å²) in [6.45, 7) is 2.24. The maximum Gasteiger partial charge on any atom is 0.314 e. The van der Waals surface area contributed by atoms with Crippen molar-refractivity contribution >= 4 is 11.9 Å². The molecule has 47 heavy (non-hydrogen) atoms. The summed E-state index contributed by atoms with van der Waals surface area (Å²) in [6.07, 6.45) is 9.11. The van der Waals surface area contributed by atoms with Gasteiger partial charge in [0.15, 0.2) is 23.3 Å². The molecule has 2 aliphatic carbocycles. The summed E-state index contributed by atoms with van der Waals surface area (Å²) in [5, 5.41) is 14.9. The molecule has 3 aromatic carbocycles. The Morgan fingerprint density at radius 3 is 1.55 bits per heavy atom. The van der Waals surface area contributed by atoms with E-state index in [0.717, 1.165) is 73.6 Å². The van der Waals surface area contributed by atoms with Crippen LogP contribution in [0, 0.1) is 17.8 Å². The average molecular weight is 631 g/mol. The summed E-state index contributed by atoms with van der Waals surface area (Å²) >= 11 is 0. The second-order valence-corrected chi connectivity index (χ2v) is 12.8. The van der Waals surface area contributed by atoms with Crippen LogP contribution in [0.5, 0.6) is 11.5 Å². The fourth-order valence-electron chi connectivity index (χ4n) is 6.43. The monoisotopic (exact) mass is 630 g/mol. The minimum Gasteiger partial charge on any atom is -0.426 e. The zero-order chi connectivity index (χ0) is 32.2. The highest BCUT2D eigenvalue weighted by Gasteiger charge is 2.26. The van der Waals surface area contributed by atoms with Crippen molar-refractivity contribution in [3.05, 3.63) is 72.8 Å². The van der Waals surface area contributed by atoms with Gasteiger partial charge in [0.25, 0.3) is 0 Å². The van der Waals surface area contributed by atoms with Crippen LogP contribution in [-0.2, 0) is 9.59 Å². The Bertz CT molecular complexity index is 1830. The topological polar surface area (TPSA) is 136 Å². The van der Waals surface area contributed by atoms with Gasteiger partial charge in [0.2, 0.25) is 0 Å². The van der Waals surface area contributed by atoms with Crippen molar-refractivity contribution < 1.29 is 19.1 Å². The SMILES string of the molecule is CC1CCC(C(=O)Oc2ccc(-c3n[nH]c(-c4cccc(-c5nc(-c6ccc(OC(=O)C7CCCCC7)cc6)n[nH]5)c4)n3)cc2)CC1. The van der Waals surface area contributed by atoms with Gasteiger partial charge in [-0.15, -0.1) is 0 Å². The third-order valence-electron chi connectivity index (χ3n) is 9.33. The van der Waals surface area contributed by atoms with Gasteiger partial charge in [0.1, 0.15) is 11.5 Å². The van der Waals surface area contributed by atoms with Crippen LogP contribution in [0.3, 0.4) is 0 Å². The molecule has 2 aromatic heterocycles. The predicted octanol–water partition coefficient (Wildman–Crippen LogP) is 7.81. The molecule has 2 aliphatic rings. The molecular weight excluding hydrogens is 592 g/mol. The molecule has 10 nitrogen and oxygen atoms in total. The molecule has 0 aliphatic heterocycles. The Kier molecular flexibility index (Phi) is 8.90. The molecule has 240 valence electrons. The lowest BCUT2D eigenvalue weighted by atomic mass is 9.83. The van der Waals surface area contributed by atoms with Crippen LogP contribution in [0.4, 0.5) is 0 Å². The molecule has 2 N–H and O–H groups in total. The van der Waals surface area contributed by atoms with E-state index >= 15 is 0 Å². The lowest BCUT2D eigenvalue weighted by Gasteiger charge is -2.24. The number of nitrogens with one attached hydrogen (secondary N) is 2. The van der Waals surface area contributed by atoms with Gasteiger partial charge < -0.3 is 9.47 Å². The quantitative estimate of drug-likeness (QED) is 0.131. The van der Waals surface area contributed by atoms with Crippen LogP contribution in [-0.4, -0.2) is 42.3 Å². The highest BCUT2D eigenvalue weighted by molar-refractivity contribution is 5.76. The van der Waals surface area contributed by atoms with E-state index in [1.54, 1.807) is 24.3 Å². The number of carbonyl (C=O) groups is 2. The predicted molar refractivity (Wildman–Crippen MR) is 177 cm³/mol. The zero-order valence-corrected chi connectivity index (χ0v) is 26.4. The van der Waals surface area contributed by atoms with Gasteiger partial charge in [-0.1, -0.05) is 44.4 Å². The van der Waals surface area contributed by atoms with Gasteiger partial charge in [-0.05, 0) is 99.0 Å². The first-order valence-electron chi connectivity index (χ1n) is 16.6. The number of esters is 2. The number of ether oxygens (including phenoxy) is 2. The molecule has 7 rings (SSSR count). The summed E-state index contributed by atoms with van der Waals surface area (Å²) in [6, 6.07) is 22.4. The summed E-state index contributed by atoms with van der Waals surface area (Å²) in [7, 11) is 0. The second kappa shape index (κ2) is 13.7. The fraction of sp³-hybridized carbons (Fsp3) is 0.351. The third kappa shape index (κ3) is 7.16. The number of benzene rings is 3. The number of nitrogens with zero attached hydrogens (tertiary/aromatic N) is 4. The number of hydrogen-bond acceptors (Lipinski definition) is 8. The molecular formula is C37H38N6O4. The second-order valence-electron chi connectivity index (χ2n) is 12.8. The molecule has 0 radical (unpaired) electrons. The fourth-order valence-corrected chi connectivity index (χ4v) is 6.43. The van der Waals surface area contributed by atoms with Gasteiger partial charge in [-0.2, -0.15) is 10.2 Å². The first kappa shape index (κ1) is 30.5. The minimum atomic E-state index is -0.145. The van der Waals surface area contributed by atoms with E-state index in [-0.39, 0.29) is 23.8 Å². The van der Waals surface area contributed by atoms with E-state index in [4.69, 9.17) is 19.4 Å². The van der Waals surface area contributed by atoms with Crippen molar-refractivity contribution in [2.24, 2.45) is 17.8 Å². The third-order valence-corrected chi connectivity index (χ3v) is 9.33. The average Bonchev–Trinajstić information content (AvgIpc) is 3.81. The van der Waals surface area contributed by atoms with E-state index in [1.165, 1.54) is 6.42 Å². The molecule has 0 spiro atoms. The van der Waals surface area contributed by atoms with Gasteiger partial charge in [0.05, 0.1) is 11.8 Å². The molecule has 0 amide bonds. The number of H-pyrrole nitrogens is 2. The summed E-state index contributed by atoms with van der Waals surface area (Å²) < 4.78 is 11.3. The molecule has 0 unspecified atom stereocenters. The van der Waals surface area contributed by atoms with Crippen LogP contribution in [0.15, 0.2) is 72.8 Å². The first-order chi connectivity index (χ1) is 23.0. The van der Waals surface area contributed by atoms with Crippen LogP contribution >= 0.6 is 0 Å². The van der Waals surface area contributed by atoms with Gasteiger partial charge in [0, 0.05) is 22.3 Å². The Morgan fingerprint density at radius 1 is 0.596 bits per heavy atom. The molecule has 0 bridgehead atoms. The van der Waals surface area contributed by atoms with Crippen molar-refractivity contribution in [3.8, 4) is 57.1 Å². The van der Waals surface area contributed by atoms with Crippen LogP contribution < -0.4 is 9.47 Å². The molecule has 2 fully saturated rings. The normalized spacial score (nSPS) is 18.5. The lowest BCUT2D eigenvalue weighted by molar-refractivity contribution is -0.141. The highest BCUT2D eigenvalue weighted by Crippen LogP contribution is 2.31. The number of aromatic amines is 2. The van der Waals surface area contributed by atoms with E-state index in [1.807, 2.05) is 48.5 Å². The zero-order valence-electron chi connectivity index (χ0n) is 26.4. The van der Waals surface area contributed by atoms with Crippen molar-refractivity contribution in [1.82, 2.24) is 30.4 Å². The molecule has 2 heterocycles. The number of carbonyl (C=O) groups excluding carboxylic acids is 2. The molecule has 10 heteroatoms. The standard InChI is InChI=1S/C37H38N6O4/c1-23-10-12-27(13-11-23)37(45)47-31-20-16-25(17-21-31)33-39-35(43-41-33)29-9-5-8-28(22-29)34-38-32(40-42-34)24-14-18-30(19-15-24)46-36(44)26-6-3-2-4-7-26/h5,8-9,14-23,26-27H,2-4,6-7,10-13H2,1H3,(H,38,40,42)(H,39,41,43). The highest BCUT2D eigenvalue weighted by atomic mass is 16.5. The number of aromatic nitrogens is 6. The first-order valence-corrected chi connectivity index (χ1v) is 16.6. The van der Waals surface area contributed by atoms with Gasteiger partial charge in [-0.3, -0.25) is 19.8 Å². The van der Waals surface area contributed by atoms with Crippen molar-refractivity contribution in [2.75, 3.05) is 0 Å². The van der Waals surface area contributed by atoms with Crippen molar-refractivity contribution in [3.63, 3.8) is 0 Å². The van der Waals surface area contributed by atoms with Crippen LogP contribution in [0.25, 0.3) is 45.6 Å². The Morgan fingerprint density at radius 2 is 1.06 bits per heavy atom. The van der Waals surface area contributed by atoms with Gasteiger partial charge in [-0.25, -0.2) is 9.97 Å². The smallest absolute Gasteiger partial charge is 0.314 e. The van der Waals surface area contributed by atoms with Crippen molar-refractivity contribution in [1.29, 1.82) is 0 Å². The Labute approximate surface area is 273 Å². The molecule has 0 saturated heterocycles. The lowest BCUT2D eigenvalue weighted by Crippen LogP contribution is -2.24. The molecule has 0 atom stereocenters. The van der Waals surface area contributed by atoms with E-state index < -0.39 is 0 Å². The molecule has 2 saturated carbocycles. The van der Waals surface area contributed by atoms with Crippen molar-refractivity contribution in [2.45, 2.75) is 64.7 Å². The minimum absolute atomic E-state index is 0.00210. The summed E-state index contributed by atoms with van der Waals surface area (Å²) in [4.78, 5) is 34.5. The van der Waals surface area contributed by atoms with Gasteiger partial charge >= 0.3 is 11.9 Å². The van der Waals surface area contributed by atoms with Crippen LogP contribution in [0.1, 0.15) is 64.7 Å². The Hall–Kier alpha value is -5.12. The number of rotatable bonds is 8.